The first-order chi connectivity index (χ1) is 7.79. The lowest BCUT2D eigenvalue weighted by atomic mass is 9.92. The van der Waals surface area contributed by atoms with E-state index < -0.39 is 4.92 Å². The van der Waals surface area contributed by atoms with Crippen molar-refractivity contribution in [3.63, 3.8) is 0 Å². The number of aromatic nitrogens is 1. The molecular weight excluding hydrogens is 224 g/mol. The van der Waals surface area contributed by atoms with E-state index in [1.165, 1.54) is 7.11 Å². The van der Waals surface area contributed by atoms with E-state index in [0.717, 1.165) is 5.69 Å². The molecule has 0 unspecified atom stereocenters. The van der Waals surface area contributed by atoms with Crippen LogP contribution in [0.25, 0.3) is 0 Å². The highest BCUT2D eigenvalue weighted by Gasteiger charge is 2.27. The maximum Gasteiger partial charge on any atom is 0.292 e. The molecule has 1 rings (SSSR count). The predicted molar refractivity (Wildman–Crippen MR) is 62.6 cm³/mol. The van der Waals surface area contributed by atoms with Crippen molar-refractivity contribution in [2.45, 2.75) is 32.8 Å². The SMILES string of the molecule is COOCc1c([N+](=O)[O-])cc(C(C)(C)C)n1C. The summed E-state index contributed by atoms with van der Waals surface area (Å²) < 4.78 is 1.79. The van der Waals surface area contributed by atoms with Crippen LogP contribution in [0.5, 0.6) is 0 Å². The molecule has 1 aromatic heterocycles. The van der Waals surface area contributed by atoms with Crippen molar-refractivity contribution in [1.82, 2.24) is 4.57 Å². The molecule has 0 atom stereocenters. The van der Waals surface area contributed by atoms with Gasteiger partial charge < -0.3 is 4.57 Å². The molecule has 0 saturated heterocycles. The third-order valence-corrected chi connectivity index (χ3v) is 2.61. The van der Waals surface area contributed by atoms with Gasteiger partial charge in [-0.2, -0.15) is 0 Å². The average molecular weight is 242 g/mol. The third kappa shape index (κ3) is 2.83. The molecule has 0 aliphatic carbocycles. The lowest BCUT2D eigenvalue weighted by Crippen LogP contribution is -2.17. The van der Waals surface area contributed by atoms with Gasteiger partial charge in [0.25, 0.3) is 5.69 Å². The van der Waals surface area contributed by atoms with E-state index in [0.29, 0.717) is 5.69 Å². The first kappa shape index (κ1) is 13.7. The standard InChI is InChI=1S/C11H18N2O4/c1-11(2,3)10-6-8(13(14)15)9(12(10)4)7-17-16-5/h6H,7H2,1-5H3. The molecule has 0 spiro atoms. The van der Waals surface area contributed by atoms with Crippen LogP contribution in [0.1, 0.15) is 32.2 Å². The van der Waals surface area contributed by atoms with Crippen LogP contribution in [0.15, 0.2) is 6.07 Å². The van der Waals surface area contributed by atoms with Crippen LogP contribution in [0.2, 0.25) is 0 Å². The minimum atomic E-state index is -0.399. The summed E-state index contributed by atoms with van der Waals surface area (Å²) >= 11 is 0. The van der Waals surface area contributed by atoms with E-state index in [4.69, 9.17) is 4.89 Å². The molecule has 0 N–H and O–H groups in total. The second-order valence-electron chi connectivity index (χ2n) is 4.86. The smallest absolute Gasteiger partial charge is 0.292 e. The van der Waals surface area contributed by atoms with E-state index >= 15 is 0 Å². The summed E-state index contributed by atoms with van der Waals surface area (Å²) in [6, 6.07) is 1.59. The van der Waals surface area contributed by atoms with Crippen molar-refractivity contribution in [2.75, 3.05) is 7.11 Å². The van der Waals surface area contributed by atoms with Gasteiger partial charge in [0.1, 0.15) is 12.3 Å². The fourth-order valence-electron chi connectivity index (χ4n) is 1.79. The van der Waals surface area contributed by atoms with Crippen LogP contribution >= 0.6 is 0 Å². The molecule has 17 heavy (non-hydrogen) atoms. The molecule has 0 aliphatic heterocycles. The Labute approximate surface area is 100 Å². The molecule has 0 amide bonds. The van der Waals surface area contributed by atoms with Gasteiger partial charge in [0, 0.05) is 24.2 Å². The molecule has 1 aromatic rings. The zero-order valence-corrected chi connectivity index (χ0v) is 10.8. The van der Waals surface area contributed by atoms with Crippen molar-refractivity contribution >= 4 is 5.69 Å². The minimum absolute atomic E-state index is 0.0550. The van der Waals surface area contributed by atoms with Gasteiger partial charge in [-0.25, -0.2) is 9.78 Å². The van der Waals surface area contributed by atoms with Gasteiger partial charge in [-0.3, -0.25) is 10.1 Å². The Morgan fingerprint density at radius 2 is 2.06 bits per heavy atom. The zero-order chi connectivity index (χ0) is 13.2. The van der Waals surface area contributed by atoms with Crippen LogP contribution in [0.3, 0.4) is 0 Å². The summed E-state index contributed by atoms with van der Waals surface area (Å²) in [6.45, 7) is 6.08. The van der Waals surface area contributed by atoms with Crippen LogP contribution < -0.4 is 0 Å². The Balaban J connectivity index is 3.25. The van der Waals surface area contributed by atoms with E-state index in [-0.39, 0.29) is 17.7 Å². The molecule has 0 fully saturated rings. The van der Waals surface area contributed by atoms with Crippen LogP contribution in [-0.2, 0) is 28.8 Å². The lowest BCUT2D eigenvalue weighted by Gasteiger charge is -2.19. The normalized spacial score (nSPS) is 11.8. The quantitative estimate of drug-likeness (QED) is 0.461. The van der Waals surface area contributed by atoms with Gasteiger partial charge in [0.2, 0.25) is 0 Å². The van der Waals surface area contributed by atoms with E-state index in [2.05, 4.69) is 4.89 Å². The van der Waals surface area contributed by atoms with E-state index in [1.54, 1.807) is 17.7 Å². The zero-order valence-electron chi connectivity index (χ0n) is 10.8. The van der Waals surface area contributed by atoms with Gasteiger partial charge in [0.05, 0.1) is 12.0 Å². The predicted octanol–water partition coefficient (Wildman–Crippen LogP) is 2.31. The maximum atomic E-state index is 11.0. The molecule has 0 aromatic carbocycles. The second-order valence-corrected chi connectivity index (χ2v) is 4.86. The van der Waals surface area contributed by atoms with Crippen molar-refractivity contribution in [3.8, 4) is 0 Å². The van der Waals surface area contributed by atoms with Crippen molar-refractivity contribution in [3.05, 3.63) is 27.6 Å². The number of hydrogen-bond acceptors (Lipinski definition) is 4. The summed E-state index contributed by atoms with van der Waals surface area (Å²) in [7, 11) is 3.17. The van der Waals surface area contributed by atoms with Crippen LogP contribution in [-0.4, -0.2) is 16.6 Å². The molecule has 1 heterocycles. The summed E-state index contributed by atoms with van der Waals surface area (Å²) in [5.41, 5.74) is 1.29. The fourth-order valence-corrected chi connectivity index (χ4v) is 1.79. The highest BCUT2D eigenvalue weighted by molar-refractivity contribution is 5.42. The second kappa shape index (κ2) is 4.85. The van der Waals surface area contributed by atoms with Crippen molar-refractivity contribution < 1.29 is 14.7 Å². The molecule has 0 bridgehead atoms. The van der Waals surface area contributed by atoms with Crippen LogP contribution in [0.4, 0.5) is 5.69 Å². The molecule has 6 heteroatoms. The summed E-state index contributed by atoms with van der Waals surface area (Å²) in [4.78, 5) is 19.9. The molecule has 0 saturated carbocycles. The number of nitro groups is 1. The fraction of sp³-hybridized carbons (Fsp3) is 0.636. The first-order valence-electron chi connectivity index (χ1n) is 5.28. The van der Waals surface area contributed by atoms with Crippen molar-refractivity contribution in [2.24, 2.45) is 7.05 Å². The van der Waals surface area contributed by atoms with Gasteiger partial charge in [-0.1, -0.05) is 20.8 Å². The van der Waals surface area contributed by atoms with Gasteiger partial charge >= 0.3 is 0 Å². The highest BCUT2D eigenvalue weighted by atomic mass is 17.2. The van der Waals surface area contributed by atoms with Gasteiger partial charge in [0.15, 0.2) is 0 Å². The largest absolute Gasteiger partial charge is 0.343 e. The number of rotatable bonds is 4. The van der Waals surface area contributed by atoms with Crippen molar-refractivity contribution in [1.29, 1.82) is 0 Å². The molecule has 0 aliphatic rings. The summed E-state index contributed by atoms with van der Waals surface area (Å²) in [6.07, 6.45) is 0. The topological polar surface area (TPSA) is 66.5 Å². The highest BCUT2D eigenvalue weighted by Crippen LogP contribution is 2.31. The van der Waals surface area contributed by atoms with Gasteiger partial charge in [-0.15, -0.1) is 0 Å². The summed E-state index contributed by atoms with van der Waals surface area (Å²) in [5.74, 6) is 0. The van der Waals surface area contributed by atoms with Crippen LogP contribution in [0, 0.1) is 10.1 Å². The van der Waals surface area contributed by atoms with Gasteiger partial charge in [-0.05, 0) is 0 Å². The Kier molecular flexibility index (Phi) is 3.90. The Bertz CT molecular complexity index is 418. The van der Waals surface area contributed by atoms with E-state index in [9.17, 15) is 10.1 Å². The van der Waals surface area contributed by atoms with E-state index in [1.807, 2.05) is 20.8 Å². The Hall–Kier alpha value is -1.40. The number of hydrogen-bond donors (Lipinski definition) is 0. The Morgan fingerprint density at radius 1 is 1.47 bits per heavy atom. The average Bonchev–Trinajstić information content (AvgIpc) is 2.52. The molecule has 96 valence electrons. The monoisotopic (exact) mass is 242 g/mol. The minimum Gasteiger partial charge on any atom is -0.343 e. The molecular formula is C11H18N2O4. The maximum absolute atomic E-state index is 11.0. The summed E-state index contributed by atoms with van der Waals surface area (Å²) in [5, 5.41) is 11.0. The molecule has 0 radical (unpaired) electrons. The first-order valence-corrected chi connectivity index (χ1v) is 5.28. The number of nitrogens with zero attached hydrogens (tertiary/aromatic N) is 2. The third-order valence-electron chi connectivity index (χ3n) is 2.61. The molecule has 6 nitrogen and oxygen atoms in total. The Morgan fingerprint density at radius 3 is 2.47 bits per heavy atom. The lowest BCUT2D eigenvalue weighted by molar-refractivity contribution is -0.387.